The van der Waals surface area contributed by atoms with E-state index >= 15 is 0 Å². The van der Waals surface area contributed by atoms with E-state index in [1.54, 1.807) is 4.68 Å². The van der Waals surface area contributed by atoms with Gasteiger partial charge in [-0.3, -0.25) is 4.79 Å². The van der Waals surface area contributed by atoms with Crippen molar-refractivity contribution in [3.63, 3.8) is 0 Å². The van der Waals surface area contributed by atoms with Gasteiger partial charge >= 0.3 is 5.97 Å². The van der Waals surface area contributed by atoms with E-state index < -0.39 is 24.0 Å². The van der Waals surface area contributed by atoms with Crippen LogP contribution >= 0.6 is 15.9 Å². The number of rotatable bonds is 6. The van der Waals surface area contributed by atoms with Crippen molar-refractivity contribution in [3.05, 3.63) is 46.2 Å². The zero-order chi connectivity index (χ0) is 17.9. The summed E-state index contributed by atoms with van der Waals surface area (Å²) in [5.41, 5.74) is -0.165. The second kappa shape index (κ2) is 7.14. The first-order valence-corrected chi connectivity index (χ1v) is 8.12. The molecule has 0 radical (unpaired) electrons. The fraction of sp³-hybridized carbons (Fsp3) is 0.312. The largest absolute Gasteiger partial charge is 0.479 e. The summed E-state index contributed by atoms with van der Waals surface area (Å²) in [6.45, 7) is 2.63. The molecule has 1 atom stereocenters. The highest BCUT2D eigenvalue weighted by Gasteiger charge is 2.31. The molecule has 24 heavy (non-hydrogen) atoms. The Bertz CT molecular complexity index is 753. The van der Waals surface area contributed by atoms with Crippen molar-refractivity contribution in [2.75, 3.05) is 6.54 Å². The average molecular weight is 396 g/mol. The second-order valence-corrected chi connectivity index (χ2v) is 6.42. The number of carbonyl (C=O) groups is 2. The molecule has 0 bridgehead atoms. The summed E-state index contributed by atoms with van der Waals surface area (Å²) in [6, 6.07) is 7.49. The SMILES string of the molecule is CCc1c(C(=O)NCC(C)(O)C(=O)O)cnn1-c1ccc(Br)cc1. The number of nitrogens with one attached hydrogen (secondary N) is 1. The van der Waals surface area contributed by atoms with Gasteiger partial charge in [0, 0.05) is 4.47 Å². The number of hydrogen-bond acceptors (Lipinski definition) is 4. The number of carboxylic acids is 1. The van der Waals surface area contributed by atoms with Gasteiger partial charge in [0.25, 0.3) is 5.91 Å². The monoisotopic (exact) mass is 395 g/mol. The molecule has 2 aromatic rings. The normalized spacial score (nSPS) is 13.3. The number of benzene rings is 1. The molecule has 1 aromatic carbocycles. The number of nitrogens with zero attached hydrogens (tertiary/aromatic N) is 2. The Morgan fingerprint density at radius 2 is 1.96 bits per heavy atom. The van der Waals surface area contributed by atoms with Crippen molar-refractivity contribution in [2.45, 2.75) is 25.9 Å². The maximum atomic E-state index is 12.3. The number of amides is 1. The summed E-state index contributed by atoms with van der Waals surface area (Å²) in [6.07, 6.45) is 2.00. The molecule has 1 aromatic heterocycles. The summed E-state index contributed by atoms with van der Waals surface area (Å²) in [5, 5.41) is 25.3. The lowest BCUT2D eigenvalue weighted by Crippen LogP contribution is -2.46. The number of halogens is 1. The van der Waals surface area contributed by atoms with E-state index in [1.165, 1.54) is 6.20 Å². The molecule has 0 fully saturated rings. The van der Waals surface area contributed by atoms with Gasteiger partial charge in [0.05, 0.1) is 29.7 Å². The minimum absolute atomic E-state index is 0.349. The molecule has 0 spiro atoms. The number of aliphatic carboxylic acids is 1. The van der Waals surface area contributed by atoms with Gasteiger partial charge in [-0.25, -0.2) is 9.48 Å². The fourth-order valence-electron chi connectivity index (χ4n) is 2.13. The zero-order valence-electron chi connectivity index (χ0n) is 13.3. The number of hydrogen-bond donors (Lipinski definition) is 3. The Hall–Kier alpha value is -2.19. The molecule has 128 valence electrons. The van der Waals surface area contributed by atoms with Crippen LogP contribution in [0.4, 0.5) is 0 Å². The van der Waals surface area contributed by atoms with Crippen LogP contribution in [0.2, 0.25) is 0 Å². The summed E-state index contributed by atoms with van der Waals surface area (Å²) in [7, 11) is 0. The highest BCUT2D eigenvalue weighted by Crippen LogP contribution is 2.18. The lowest BCUT2D eigenvalue weighted by molar-refractivity contribution is -0.155. The average Bonchev–Trinajstić information content (AvgIpc) is 2.97. The number of aromatic nitrogens is 2. The minimum atomic E-state index is -2.02. The van der Waals surface area contributed by atoms with Gasteiger partial charge in [-0.05, 0) is 37.6 Å². The molecular weight excluding hydrogens is 378 g/mol. The van der Waals surface area contributed by atoms with Gasteiger partial charge in [0.1, 0.15) is 0 Å². The summed E-state index contributed by atoms with van der Waals surface area (Å²) in [4.78, 5) is 23.2. The first kappa shape index (κ1) is 18.2. The van der Waals surface area contributed by atoms with Crippen LogP contribution in [0.15, 0.2) is 34.9 Å². The molecule has 1 heterocycles. The molecule has 0 aliphatic rings. The van der Waals surface area contributed by atoms with Crippen LogP contribution in [-0.2, 0) is 11.2 Å². The minimum Gasteiger partial charge on any atom is -0.479 e. The number of carbonyl (C=O) groups excluding carboxylic acids is 1. The summed E-state index contributed by atoms with van der Waals surface area (Å²) < 4.78 is 2.60. The molecule has 0 aliphatic heterocycles. The van der Waals surface area contributed by atoms with Gasteiger partial charge in [-0.15, -0.1) is 0 Å². The quantitative estimate of drug-likeness (QED) is 0.690. The van der Waals surface area contributed by atoms with Gasteiger partial charge in [0.2, 0.25) is 0 Å². The van der Waals surface area contributed by atoms with Crippen LogP contribution in [0.25, 0.3) is 5.69 Å². The Kier molecular flexibility index (Phi) is 5.40. The Balaban J connectivity index is 2.24. The van der Waals surface area contributed by atoms with Crippen LogP contribution in [0.3, 0.4) is 0 Å². The first-order valence-electron chi connectivity index (χ1n) is 7.33. The topological polar surface area (TPSA) is 104 Å². The second-order valence-electron chi connectivity index (χ2n) is 5.51. The van der Waals surface area contributed by atoms with Gasteiger partial charge in [-0.1, -0.05) is 22.9 Å². The van der Waals surface area contributed by atoms with Gasteiger partial charge < -0.3 is 15.5 Å². The maximum Gasteiger partial charge on any atom is 0.337 e. The zero-order valence-corrected chi connectivity index (χ0v) is 14.9. The number of carboxylic acid groups (broad SMARTS) is 1. The molecule has 1 unspecified atom stereocenters. The molecule has 0 aliphatic carbocycles. The van der Waals surface area contributed by atoms with E-state index in [2.05, 4.69) is 26.3 Å². The molecular formula is C16H18BrN3O4. The van der Waals surface area contributed by atoms with E-state index in [4.69, 9.17) is 5.11 Å². The smallest absolute Gasteiger partial charge is 0.337 e. The highest BCUT2D eigenvalue weighted by molar-refractivity contribution is 9.10. The Labute approximate surface area is 147 Å². The number of aliphatic hydroxyl groups is 1. The molecule has 2 rings (SSSR count). The van der Waals surface area contributed by atoms with Gasteiger partial charge in [-0.2, -0.15) is 5.10 Å². The third-order valence-corrected chi connectivity index (χ3v) is 4.10. The third kappa shape index (κ3) is 3.82. The van der Waals surface area contributed by atoms with Crippen molar-refractivity contribution >= 4 is 27.8 Å². The standard InChI is InChI=1S/C16H18BrN3O4/c1-3-13-12(14(21)18-9-16(2,24)15(22)23)8-19-20(13)11-6-4-10(17)5-7-11/h4-8,24H,3,9H2,1-2H3,(H,18,21)(H,22,23). The summed E-state index contributed by atoms with van der Waals surface area (Å²) in [5.74, 6) is -1.87. The molecule has 0 saturated carbocycles. The first-order chi connectivity index (χ1) is 11.3. The molecule has 0 saturated heterocycles. The van der Waals surface area contributed by atoms with Crippen molar-refractivity contribution in [1.82, 2.24) is 15.1 Å². The van der Waals surface area contributed by atoms with Crippen molar-refractivity contribution in [3.8, 4) is 5.69 Å². The van der Waals surface area contributed by atoms with Crippen LogP contribution in [0.1, 0.15) is 29.9 Å². The van der Waals surface area contributed by atoms with Crippen LogP contribution < -0.4 is 5.32 Å². The lowest BCUT2D eigenvalue weighted by Gasteiger charge is -2.18. The highest BCUT2D eigenvalue weighted by atomic mass is 79.9. The van der Waals surface area contributed by atoms with Crippen LogP contribution in [0, 0.1) is 0 Å². The maximum absolute atomic E-state index is 12.3. The van der Waals surface area contributed by atoms with Crippen LogP contribution in [0.5, 0.6) is 0 Å². The molecule has 8 heteroatoms. The van der Waals surface area contributed by atoms with Crippen molar-refractivity contribution in [2.24, 2.45) is 0 Å². The van der Waals surface area contributed by atoms with Crippen LogP contribution in [-0.4, -0.2) is 44.0 Å². The lowest BCUT2D eigenvalue weighted by atomic mass is 10.1. The third-order valence-electron chi connectivity index (χ3n) is 3.57. The fourth-order valence-corrected chi connectivity index (χ4v) is 2.40. The van der Waals surface area contributed by atoms with E-state index in [0.29, 0.717) is 17.7 Å². The van der Waals surface area contributed by atoms with E-state index in [-0.39, 0.29) is 0 Å². The van der Waals surface area contributed by atoms with Gasteiger partial charge in [0.15, 0.2) is 5.60 Å². The van der Waals surface area contributed by atoms with E-state index in [9.17, 15) is 14.7 Å². The Morgan fingerprint density at radius 3 is 2.50 bits per heavy atom. The van der Waals surface area contributed by atoms with Crippen molar-refractivity contribution in [1.29, 1.82) is 0 Å². The van der Waals surface area contributed by atoms with Crippen molar-refractivity contribution < 1.29 is 19.8 Å². The predicted octanol–water partition coefficient (Wildman–Crippen LogP) is 1.76. The van der Waals surface area contributed by atoms with E-state index in [1.807, 2.05) is 31.2 Å². The molecule has 1 amide bonds. The molecule has 7 nitrogen and oxygen atoms in total. The predicted molar refractivity (Wildman–Crippen MR) is 91.2 cm³/mol. The Morgan fingerprint density at radius 1 is 1.33 bits per heavy atom. The molecule has 3 N–H and O–H groups in total. The summed E-state index contributed by atoms with van der Waals surface area (Å²) >= 11 is 3.37. The van der Waals surface area contributed by atoms with E-state index in [0.717, 1.165) is 17.1 Å².